The van der Waals surface area contributed by atoms with Crippen LogP contribution >= 0.6 is 158 Å². The third-order valence-electron chi connectivity index (χ3n) is 14.5. The molecule has 0 radical (unpaired) electrons. The number of carbonyl (C=O) groups excluding carboxylic acids is 8. The highest BCUT2D eigenvalue weighted by Crippen LogP contribution is 2.46. The van der Waals surface area contributed by atoms with E-state index >= 15 is 0 Å². The second-order valence-corrected chi connectivity index (χ2v) is 22.4. The number of carbonyl (C=O) groups is 8. The van der Waals surface area contributed by atoms with Crippen molar-refractivity contribution in [1.29, 1.82) is 0 Å². The number of rotatable bonds is 16. The molecule has 80 heavy (non-hydrogen) atoms. The van der Waals surface area contributed by atoms with Gasteiger partial charge >= 0.3 is 0 Å². The van der Waals surface area contributed by atoms with Gasteiger partial charge in [-0.1, -0.05) is 74.5 Å². The van der Waals surface area contributed by atoms with Crippen molar-refractivity contribution >= 4 is 206 Å². The van der Waals surface area contributed by atoms with Gasteiger partial charge in [0, 0.05) is 12.1 Å². The summed E-state index contributed by atoms with van der Waals surface area (Å²) in [6.07, 6.45) is 4.62. The lowest BCUT2D eigenvalue weighted by molar-refractivity contribution is -0.144. The number of hydrogen-bond donors (Lipinski definition) is 8. The summed E-state index contributed by atoms with van der Waals surface area (Å²) >= 11 is 3.19. The molecule has 8 amide bonds. The number of hydrogen-bond acceptors (Lipinski definition) is 12. The fourth-order valence-corrected chi connectivity index (χ4v) is 13.2. The monoisotopic (exact) mass is 1340 g/mol. The Kier molecular flexibility index (Phi) is 41.4. The zero-order valence-corrected chi connectivity index (χ0v) is 57.6. The predicted octanol–water partition coefficient (Wildman–Crippen LogP) is 3.10. The topological polar surface area (TPSA) is 239 Å². The van der Waals surface area contributed by atoms with Gasteiger partial charge in [-0.05, 0) is 114 Å². The molecule has 2 aromatic rings. The van der Waals surface area contributed by atoms with Crippen LogP contribution in [0, 0.1) is 5.41 Å². The van der Waals surface area contributed by atoms with Crippen LogP contribution in [0.5, 0.6) is 0 Å². The summed E-state index contributed by atoms with van der Waals surface area (Å²) in [6.45, 7) is 7.33. The van der Waals surface area contributed by atoms with Gasteiger partial charge in [0.15, 0.2) is 0 Å². The van der Waals surface area contributed by atoms with Gasteiger partial charge in [0.25, 0.3) is 0 Å². The average Bonchev–Trinajstić information content (AvgIpc) is 3.81. The quantitative estimate of drug-likeness (QED) is 0.121. The number of nitrogens with zero attached hydrogens (tertiary/aromatic N) is 2. The lowest BCUT2D eigenvalue weighted by Gasteiger charge is -2.35. The van der Waals surface area contributed by atoms with Crippen LogP contribution in [0.15, 0.2) is 60.7 Å². The van der Waals surface area contributed by atoms with Crippen molar-refractivity contribution in [3.05, 3.63) is 71.8 Å². The molecule has 30 heteroatoms. The maximum atomic E-state index is 14.6. The maximum absolute atomic E-state index is 14.6. The maximum Gasteiger partial charge on any atom is 0.247 e. The Balaban J connectivity index is -0.00000289. The standard InChI is InChI=1S/C50H70N10O8S2.10H2S/c1-28(51-5)42(61)55-34-23-25-69-37-22-21-36(59(37)48(34)67)44(63)57-39(30-13-9-7-10-14-30)45(64)53-32-17-19-33(20-18-32)54-46(65)40(31-15-11-8-12-16-31)58-47(66)41-50(3,4)27-38-60(41)49(68)35(24-26-70-38)56-43(62)29(2)52-6;;;;;;;;;;/h7-16,28-29,32-41,51-52H,17-27H2,1-6H3,(H,53,64)(H,54,65)(H,55,61)(H,56,62)(H,57,63)(H,58,66);10*1H2/t28-,29-,32?,33?,34-,35+,36-,37-,38-,39+,40-,41+;;;;;;;;;;/m0........../s1. The molecule has 0 aromatic heterocycles. The lowest BCUT2D eigenvalue weighted by atomic mass is 9.83. The summed E-state index contributed by atoms with van der Waals surface area (Å²) in [5.74, 6) is -1.62. The van der Waals surface area contributed by atoms with Crippen LogP contribution in [0.1, 0.15) is 109 Å². The molecule has 5 aliphatic rings. The van der Waals surface area contributed by atoms with Crippen LogP contribution in [0.2, 0.25) is 0 Å². The SMILES string of the molecule is CN[C@@H](C)C(=O)N[C@H]1CCS[C@H]2CC[C@@H](C(=O)N[C@@H](C(=O)NC3CCC(NC(=O)[C@@H](NC(=O)[C@H]4N5C(=O)[C@H](NC(=O)[C@H](C)NC)CCS[C@H]5CC4(C)C)c4ccccc4)CC3)c3ccccc3)N2C1=O.S.S.S.S.S.S.S.S.S.S. The van der Waals surface area contributed by atoms with Gasteiger partial charge in [-0.15, -0.1) is 23.5 Å². The third kappa shape index (κ3) is 20.8. The van der Waals surface area contributed by atoms with E-state index in [1.807, 2.05) is 26.0 Å². The molecule has 1 aliphatic carbocycles. The molecule has 8 N–H and O–H groups in total. The first-order chi connectivity index (χ1) is 33.5. The van der Waals surface area contributed by atoms with Crippen LogP contribution < -0.4 is 42.5 Å². The summed E-state index contributed by atoms with van der Waals surface area (Å²) in [7, 11) is 3.34. The van der Waals surface area contributed by atoms with Crippen molar-refractivity contribution in [3.63, 3.8) is 0 Å². The molecule has 2 aromatic carbocycles. The molecule has 7 rings (SSSR count). The molecule has 1 saturated carbocycles. The highest BCUT2D eigenvalue weighted by molar-refractivity contribution is 8.00. The van der Waals surface area contributed by atoms with E-state index in [0.717, 1.165) is 0 Å². The normalized spacial score (nSPS) is 24.5. The molecule has 10 atom stereocenters. The zero-order valence-electron chi connectivity index (χ0n) is 46.0. The summed E-state index contributed by atoms with van der Waals surface area (Å²) in [5, 5.41) is 23.4. The van der Waals surface area contributed by atoms with Crippen LogP contribution in [0.4, 0.5) is 0 Å². The van der Waals surface area contributed by atoms with E-state index in [2.05, 4.69) is 42.5 Å². The predicted molar refractivity (Wildman–Crippen MR) is 372 cm³/mol. The molecule has 5 fully saturated rings. The van der Waals surface area contributed by atoms with Gasteiger partial charge in [-0.3, -0.25) is 38.4 Å². The van der Waals surface area contributed by atoms with Crippen LogP contribution in [-0.2, 0) is 38.4 Å². The largest absolute Gasteiger partial charge is 0.351 e. The Bertz CT molecular complexity index is 2270. The van der Waals surface area contributed by atoms with E-state index in [1.54, 1.807) is 110 Å². The molecule has 4 aliphatic heterocycles. The van der Waals surface area contributed by atoms with E-state index in [0.29, 0.717) is 80.4 Å². The van der Waals surface area contributed by atoms with E-state index in [1.165, 1.54) is 0 Å². The van der Waals surface area contributed by atoms with Crippen LogP contribution in [-0.4, -0.2) is 142 Å². The second-order valence-electron chi connectivity index (χ2n) is 19.8. The first-order valence-electron chi connectivity index (χ1n) is 24.7. The van der Waals surface area contributed by atoms with Crippen LogP contribution in [0.3, 0.4) is 0 Å². The summed E-state index contributed by atoms with van der Waals surface area (Å²) < 4.78 is 0. The number of thioether (sulfide) groups is 2. The highest BCUT2D eigenvalue weighted by Gasteiger charge is 2.55. The van der Waals surface area contributed by atoms with Gasteiger partial charge in [-0.2, -0.15) is 135 Å². The molecular weight excluding hydrogens is 1250 g/mol. The molecule has 0 spiro atoms. The molecule has 18 nitrogen and oxygen atoms in total. The van der Waals surface area contributed by atoms with E-state index in [-0.39, 0.29) is 181 Å². The zero-order chi connectivity index (χ0) is 50.3. The molecule has 4 saturated heterocycles. The minimum Gasteiger partial charge on any atom is -0.351 e. The number of nitrogens with one attached hydrogen (secondary N) is 8. The minimum absolute atomic E-state index is 0. The fourth-order valence-electron chi connectivity index (χ4n) is 10.3. The van der Waals surface area contributed by atoms with Crippen molar-refractivity contribution in [1.82, 2.24) is 52.3 Å². The Morgan fingerprint density at radius 2 is 0.887 bits per heavy atom. The van der Waals surface area contributed by atoms with Crippen molar-refractivity contribution in [2.75, 3.05) is 25.6 Å². The molecule has 0 unspecified atom stereocenters. The number of amides is 8. The van der Waals surface area contributed by atoms with Gasteiger partial charge in [0.1, 0.15) is 36.3 Å². The summed E-state index contributed by atoms with van der Waals surface area (Å²) in [4.78, 5) is 114. The van der Waals surface area contributed by atoms with Gasteiger partial charge in [0.2, 0.25) is 47.3 Å². The third-order valence-corrected chi connectivity index (χ3v) is 17.1. The highest BCUT2D eigenvalue weighted by atomic mass is 32.2. The Hall–Kier alpha value is -1.68. The minimum atomic E-state index is -1.07. The van der Waals surface area contributed by atoms with Crippen molar-refractivity contribution in [3.8, 4) is 0 Å². The van der Waals surface area contributed by atoms with Gasteiger partial charge in [0.05, 0.1) is 22.8 Å². The van der Waals surface area contributed by atoms with Crippen molar-refractivity contribution < 1.29 is 38.4 Å². The molecule has 460 valence electrons. The smallest absolute Gasteiger partial charge is 0.247 e. The lowest BCUT2D eigenvalue weighted by Crippen LogP contribution is -2.59. The Morgan fingerprint density at radius 3 is 1.30 bits per heavy atom. The molecule has 0 bridgehead atoms. The van der Waals surface area contributed by atoms with Crippen LogP contribution in [0.25, 0.3) is 0 Å². The van der Waals surface area contributed by atoms with E-state index < -0.39 is 77.4 Å². The van der Waals surface area contributed by atoms with E-state index in [9.17, 15) is 38.4 Å². The molecular formula is C50H90N10O8S12. The first-order valence-corrected chi connectivity index (χ1v) is 26.7. The number of likely N-dealkylation sites (N-methyl/N-ethyl adjacent to an activating group) is 2. The van der Waals surface area contributed by atoms with Crippen molar-refractivity contribution in [2.45, 2.75) is 157 Å². The number of benzene rings is 2. The first kappa shape index (κ1) is 84.8. The Morgan fingerprint density at radius 1 is 0.500 bits per heavy atom. The molecule has 4 heterocycles. The van der Waals surface area contributed by atoms with Gasteiger partial charge in [-0.25, -0.2) is 0 Å². The van der Waals surface area contributed by atoms with Crippen molar-refractivity contribution in [2.24, 2.45) is 5.41 Å². The summed E-state index contributed by atoms with van der Waals surface area (Å²) in [6, 6.07) is 11.1. The van der Waals surface area contributed by atoms with Gasteiger partial charge < -0.3 is 52.3 Å². The second kappa shape index (κ2) is 39.1. The Labute approximate surface area is 551 Å². The number of fused-ring (bicyclic) bond motifs is 2. The fraction of sp³-hybridized carbons (Fsp3) is 0.600. The van der Waals surface area contributed by atoms with E-state index in [4.69, 9.17) is 0 Å². The summed E-state index contributed by atoms with van der Waals surface area (Å²) in [5.41, 5.74) is 0.530. The average molecular weight is 1340 g/mol.